The topological polar surface area (TPSA) is 65.2 Å². The van der Waals surface area contributed by atoms with Crippen molar-refractivity contribution in [3.8, 4) is 0 Å². The Kier molecular flexibility index (Phi) is 4.45. The van der Waals surface area contributed by atoms with Gasteiger partial charge in [0.15, 0.2) is 5.82 Å². The van der Waals surface area contributed by atoms with Gasteiger partial charge in [-0.15, -0.1) is 0 Å². The number of rotatable bonds is 2. The van der Waals surface area contributed by atoms with Crippen molar-refractivity contribution < 1.29 is 14.1 Å². The summed E-state index contributed by atoms with van der Waals surface area (Å²) in [4.78, 5) is 16.4. The van der Waals surface area contributed by atoms with E-state index in [1.807, 2.05) is 0 Å². The number of carbonyl (C=O) groups excluding carboxylic acids is 1. The highest BCUT2D eigenvalue weighted by atomic mass is 16.5. The van der Waals surface area contributed by atoms with Crippen molar-refractivity contribution in [2.24, 2.45) is 0 Å². The monoisotopic (exact) mass is 278 g/mol. The number of hydrogen-bond donors (Lipinski definition) is 0. The Labute approximate surface area is 119 Å². The van der Waals surface area contributed by atoms with Crippen LogP contribution in [0.4, 0.5) is 0 Å². The molecular weight excluding hydrogens is 256 g/mol. The summed E-state index contributed by atoms with van der Waals surface area (Å²) in [5, 5.41) is 4.13. The van der Waals surface area contributed by atoms with Crippen LogP contribution in [-0.2, 0) is 9.53 Å². The highest BCUT2D eigenvalue weighted by Gasteiger charge is 2.30. The van der Waals surface area contributed by atoms with E-state index in [-0.39, 0.29) is 11.7 Å². The zero-order valence-corrected chi connectivity index (χ0v) is 11.8. The average Bonchev–Trinajstić information content (AvgIpc) is 2.88. The molecule has 0 aromatic carbocycles. The van der Waals surface area contributed by atoms with Crippen molar-refractivity contribution in [2.45, 2.75) is 63.2 Å². The molecule has 1 atom stereocenters. The lowest BCUT2D eigenvalue weighted by Gasteiger charge is -2.17. The molecule has 1 aromatic heterocycles. The van der Waals surface area contributed by atoms with Crippen LogP contribution in [0.25, 0.3) is 0 Å². The number of carbonyl (C=O) groups is 1. The molecule has 5 heteroatoms. The predicted octanol–water partition coefficient (Wildman–Crippen LogP) is 2.97. The number of ether oxygens (including phenoxy) is 1. The van der Waals surface area contributed by atoms with E-state index in [2.05, 4.69) is 10.1 Å². The number of hydrogen-bond acceptors (Lipinski definition) is 5. The second kappa shape index (κ2) is 6.48. The standard InChI is InChI=1S/C15H22N2O3/c18-13-8-9-19-10-12(13)15-16-14(17-20-15)11-6-4-2-1-3-5-7-11/h11-12H,1-10H2. The molecule has 2 fully saturated rings. The van der Waals surface area contributed by atoms with E-state index in [1.54, 1.807) is 0 Å². The van der Waals surface area contributed by atoms with Gasteiger partial charge in [-0.2, -0.15) is 4.98 Å². The van der Waals surface area contributed by atoms with Gasteiger partial charge in [0.2, 0.25) is 5.89 Å². The Morgan fingerprint density at radius 3 is 2.55 bits per heavy atom. The first-order valence-electron chi connectivity index (χ1n) is 7.78. The molecule has 1 unspecified atom stereocenters. The largest absolute Gasteiger partial charge is 0.380 e. The third-order valence-corrected chi connectivity index (χ3v) is 4.39. The summed E-state index contributed by atoms with van der Waals surface area (Å²) in [5.41, 5.74) is 0. The van der Waals surface area contributed by atoms with Crippen molar-refractivity contribution in [1.82, 2.24) is 10.1 Å². The number of ketones is 1. The molecule has 1 aliphatic carbocycles. The van der Waals surface area contributed by atoms with Gasteiger partial charge in [0.05, 0.1) is 13.2 Å². The fraction of sp³-hybridized carbons (Fsp3) is 0.800. The molecule has 0 radical (unpaired) electrons. The molecule has 3 rings (SSSR count). The van der Waals surface area contributed by atoms with Crippen LogP contribution in [0, 0.1) is 0 Å². The maximum Gasteiger partial charge on any atom is 0.239 e. The molecule has 0 spiro atoms. The Morgan fingerprint density at radius 1 is 1.05 bits per heavy atom. The summed E-state index contributed by atoms with van der Waals surface area (Å²) in [6.07, 6.45) is 9.14. The minimum absolute atomic E-state index is 0.157. The normalized spacial score (nSPS) is 26.2. The summed E-state index contributed by atoms with van der Waals surface area (Å²) in [5.74, 6) is 1.45. The van der Waals surface area contributed by atoms with Crippen molar-refractivity contribution in [3.63, 3.8) is 0 Å². The molecule has 2 heterocycles. The first-order valence-corrected chi connectivity index (χ1v) is 7.78. The summed E-state index contributed by atoms with van der Waals surface area (Å²) in [6, 6.07) is 0. The van der Waals surface area contributed by atoms with Gasteiger partial charge in [-0.25, -0.2) is 0 Å². The number of aromatic nitrogens is 2. The summed E-state index contributed by atoms with van der Waals surface area (Å²) in [6.45, 7) is 0.893. The van der Waals surface area contributed by atoms with Crippen LogP contribution in [0.1, 0.15) is 74.9 Å². The lowest BCUT2D eigenvalue weighted by atomic mass is 9.90. The van der Waals surface area contributed by atoms with Crippen LogP contribution >= 0.6 is 0 Å². The second-order valence-corrected chi connectivity index (χ2v) is 5.88. The average molecular weight is 278 g/mol. The van der Waals surface area contributed by atoms with Crippen molar-refractivity contribution >= 4 is 5.78 Å². The molecule has 5 nitrogen and oxygen atoms in total. The van der Waals surface area contributed by atoms with E-state index in [4.69, 9.17) is 9.26 Å². The molecule has 2 aliphatic rings. The molecule has 1 saturated carbocycles. The molecule has 1 aromatic rings. The predicted molar refractivity (Wildman–Crippen MR) is 72.5 cm³/mol. The van der Waals surface area contributed by atoms with E-state index in [9.17, 15) is 4.79 Å². The van der Waals surface area contributed by atoms with Crippen LogP contribution in [0.5, 0.6) is 0 Å². The van der Waals surface area contributed by atoms with Gasteiger partial charge in [-0.1, -0.05) is 37.3 Å². The molecule has 110 valence electrons. The zero-order valence-electron chi connectivity index (χ0n) is 11.8. The maximum absolute atomic E-state index is 11.9. The third kappa shape index (κ3) is 3.08. The van der Waals surface area contributed by atoms with Gasteiger partial charge in [-0.05, 0) is 12.8 Å². The smallest absolute Gasteiger partial charge is 0.239 e. The van der Waals surface area contributed by atoms with E-state index in [0.29, 0.717) is 31.4 Å². The Balaban J connectivity index is 1.70. The highest BCUT2D eigenvalue weighted by Crippen LogP contribution is 2.30. The molecule has 0 bridgehead atoms. The second-order valence-electron chi connectivity index (χ2n) is 5.88. The molecule has 0 amide bonds. The minimum atomic E-state index is -0.349. The summed E-state index contributed by atoms with van der Waals surface area (Å²) in [7, 11) is 0. The highest BCUT2D eigenvalue weighted by molar-refractivity contribution is 5.85. The Hall–Kier alpha value is -1.23. The summed E-state index contributed by atoms with van der Waals surface area (Å²) < 4.78 is 10.7. The van der Waals surface area contributed by atoms with Crippen LogP contribution in [-0.4, -0.2) is 29.1 Å². The molecular formula is C15H22N2O3. The zero-order chi connectivity index (χ0) is 13.8. The first kappa shape index (κ1) is 13.7. The van der Waals surface area contributed by atoms with Crippen molar-refractivity contribution in [2.75, 3.05) is 13.2 Å². The first-order chi connectivity index (χ1) is 9.84. The van der Waals surface area contributed by atoms with Gasteiger partial charge in [0.25, 0.3) is 0 Å². The maximum atomic E-state index is 11.9. The van der Waals surface area contributed by atoms with E-state index in [0.717, 1.165) is 18.7 Å². The Morgan fingerprint density at radius 2 is 1.80 bits per heavy atom. The van der Waals surface area contributed by atoms with Crippen LogP contribution < -0.4 is 0 Å². The van der Waals surface area contributed by atoms with Crippen molar-refractivity contribution in [1.29, 1.82) is 0 Å². The number of Topliss-reactive ketones (excluding diaryl/α,β-unsaturated/α-hetero) is 1. The molecule has 1 aliphatic heterocycles. The third-order valence-electron chi connectivity index (χ3n) is 4.39. The van der Waals surface area contributed by atoms with Crippen LogP contribution in [0.3, 0.4) is 0 Å². The number of nitrogens with zero attached hydrogens (tertiary/aromatic N) is 2. The minimum Gasteiger partial charge on any atom is -0.380 e. The summed E-state index contributed by atoms with van der Waals surface area (Å²) >= 11 is 0. The van der Waals surface area contributed by atoms with Gasteiger partial charge in [0, 0.05) is 12.3 Å². The quantitative estimate of drug-likeness (QED) is 0.832. The van der Waals surface area contributed by atoms with E-state index in [1.165, 1.54) is 32.1 Å². The fourth-order valence-electron chi connectivity index (χ4n) is 3.12. The molecule has 0 N–H and O–H groups in total. The van der Waals surface area contributed by atoms with Gasteiger partial charge in [0.1, 0.15) is 11.7 Å². The van der Waals surface area contributed by atoms with Crippen LogP contribution in [0.15, 0.2) is 4.52 Å². The van der Waals surface area contributed by atoms with E-state index >= 15 is 0 Å². The SMILES string of the molecule is O=C1CCOCC1c1nc(C2CCCCCCC2)no1. The van der Waals surface area contributed by atoms with E-state index < -0.39 is 0 Å². The van der Waals surface area contributed by atoms with Crippen molar-refractivity contribution in [3.05, 3.63) is 11.7 Å². The van der Waals surface area contributed by atoms with Gasteiger partial charge < -0.3 is 9.26 Å². The lowest BCUT2D eigenvalue weighted by Crippen LogP contribution is -2.25. The van der Waals surface area contributed by atoms with Gasteiger partial charge >= 0.3 is 0 Å². The lowest BCUT2D eigenvalue weighted by molar-refractivity contribution is -0.127. The van der Waals surface area contributed by atoms with Crippen LogP contribution in [0.2, 0.25) is 0 Å². The fourth-order valence-corrected chi connectivity index (χ4v) is 3.12. The Bertz CT molecular complexity index is 450. The molecule has 1 saturated heterocycles. The van der Waals surface area contributed by atoms with Gasteiger partial charge in [-0.3, -0.25) is 4.79 Å². The molecule has 20 heavy (non-hydrogen) atoms.